The summed E-state index contributed by atoms with van der Waals surface area (Å²) >= 11 is 0. The number of aryl methyl sites for hydroxylation is 2. The Labute approximate surface area is 243 Å². The van der Waals surface area contributed by atoms with E-state index in [4.69, 9.17) is 4.74 Å². The van der Waals surface area contributed by atoms with Gasteiger partial charge in [0.1, 0.15) is 18.3 Å². The first-order chi connectivity index (χ1) is 19.6. The second-order valence-corrected chi connectivity index (χ2v) is 12.5. The highest BCUT2D eigenvalue weighted by Gasteiger charge is 2.33. The zero-order chi connectivity index (χ0) is 29.6. The lowest BCUT2D eigenvalue weighted by Gasteiger charge is -2.33. The van der Waals surface area contributed by atoms with Gasteiger partial charge < -0.3 is 15.0 Å². The number of nitrogens with one attached hydrogen (secondary N) is 1. The zero-order valence-electron chi connectivity index (χ0n) is 24.2. The summed E-state index contributed by atoms with van der Waals surface area (Å²) in [7, 11) is -2.52. The molecular formula is C32H39N3O5S. The molecule has 1 atom stereocenters. The predicted octanol–water partition coefficient (Wildman–Crippen LogP) is 4.98. The van der Waals surface area contributed by atoms with E-state index in [1.54, 1.807) is 50.4 Å². The van der Waals surface area contributed by atoms with Gasteiger partial charge in [-0.3, -0.25) is 13.9 Å². The SMILES string of the molecule is COc1ccc(CN(C(=O)CN(c2ccc(C)cc2C)S(=O)(=O)c2ccccc2)C(C)C(=O)NC2CCCC2)cc1. The Balaban J connectivity index is 1.69. The molecule has 1 aliphatic carbocycles. The molecule has 2 amide bonds. The van der Waals surface area contributed by atoms with E-state index in [1.165, 1.54) is 17.0 Å². The van der Waals surface area contributed by atoms with Crippen molar-refractivity contribution >= 4 is 27.5 Å². The van der Waals surface area contributed by atoms with E-state index >= 15 is 0 Å². The fraction of sp³-hybridized carbons (Fsp3) is 0.375. The van der Waals surface area contributed by atoms with Crippen LogP contribution >= 0.6 is 0 Å². The second-order valence-electron chi connectivity index (χ2n) is 10.7. The first-order valence-corrected chi connectivity index (χ1v) is 15.4. The van der Waals surface area contributed by atoms with E-state index in [-0.39, 0.29) is 23.4 Å². The monoisotopic (exact) mass is 577 g/mol. The molecule has 8 nitrogen and oxygen atoms in total. The molecule has 1 N–H and O–H groups in total. The molecule has 218 valence electrons. The van der Waals surface area contributed by atoms with Crippen molar-refractivity contribution in [3.05, 3.63) is 89.5 Å². The van der Waals surface area contributed by atoms with E-state index in [0.29, 0.717) is 11.4 Å². The third-order valence-corrected chi connectivity index (χ3v) is 9.39. The zero-order valence-corrected chi connectivity index (χ0v) is 25.0. The van der Waals surface area contributed by atoms with Gasteiger partial charge in [0.25, 0.3) is 10.0 Å². The molecule has 41 heavy (non-hydrogen) atoms. The Hall–Kier alpha value is -3.85. The number of benzene rings is 3. The highest BCUT2D eigenvalue weighted by atomic mass is 32.2. The molecule has 0 heterocycles. The van der Waals surface area contributed by atoms with Crippen molar-refractivity contribution in [3.63, 3.8) is 0 Å². The summed E-state index contributed by atoms with van der Waals surface area (Å²) in [6, 6.07) is 20.1. The van der Waals surface area contributed by atoms with Crippen molar-refractivity contribution in [1.29, 1.82) is 0 Å². The summed E-state index contributed by atoms with van der Waals surface area (Å²) in [5.41, 5.74) is 2.92. The van der Waals surface area contributed by atoms with E-state index < -0.39 is 28.5 Å². The Kier molecular flexibility index (Phi) is 9.70. The van der Waals surface area contributed by atoms with Crippen LogP contribution in [0.1, 0.15) is 49.3 Å². The van der Waals surface area contributed by atoms with Crippen LogP contribution in [0, 0.1) is 13.8 Å². The molecule has 1 aliphatic rings. The maximum absolute atomic E-state index is 14.1. The molecule has 0 saturated heterocycles. The van der Waals surface area contributed by atoms with E-state index in [2.05, 4.69) is 5.32 Å². The predicted molar refractivity (Wildman–Crippen MR) is 160 cm³/mol. The van der Waals surface area contributed by atoms with Crippen LogP contribution in [0.15, 0.2) is 77.7 Å². The average Bonchev–Trinajstić information content (AvgIpc) is 3.48. The molecule has 0 aliphatic heterocycles. The van der Waals surface area contributed by atoms with Crippen LogP contribution in [-0.4, -0.2) is 50.9 Å². The van der Waals surface area contributed by atoms with Crippen molar-refractivity contribution in [1.82, 2.24) is 10.2 Å². The van der Waals surface area contributed by atoms with E-state index in [9.17, 15) is 18.0 Å². The number of sulfonamides is 1. The van der Waals surface area contributed by atoms with Crippen LogP contribution in [0.25, 0.3) is 0 Å². The summed E-state index contributed by atoms with van der Waals surface area (Å²) in [5, 5.41) is 3.09. The normalized spacial score (nSPS) is 14.3. The van der Waals surface area contributed by atoms with Crippen molar-refractivity contribution in [3.8, 4) is 5.75 Å². The van der Waals surface area contributed by atoms with Crippen LogP contribution in [0.2, 0.25) is 0 Å². The number of rotatable bonds is 11. The molecule has 3 aromatic rings. The van der Waals surface area contributed by atoms with Gasteiger partial charge >= 0.3 is 0 Å². The highest BCUT2D eigenvalue weighted by molar-refractivity contribution is 7.92. The van der Waals surface area contributed by atoms with Crippen LogP contribution < -0.4 is 14.4 Å². The Morgan fingerprint density at radius 1 is 0.976 bits per heavy atom. The number of methoxy groups -OCH3 is 1. The van der Waals surface area contributed by atoms with Gasteiger partial charge in [0.2, 0.25) is 11.8 Å². The standard InChI is InChI=1S/C32H39N3O5S/c1-23-14-19-30(24(2)20-23)35(41(38,39)29-12-6-5-7-13-29)22-31(36)34(21-26-15-17-28(40-4)18-16-26)25(3)32(37)33-27-10-8-9-11-27/h5-7,12-20,25,27H,8-11,21-22H2,1-4H3,(H,33,37). The molecule has 3 aromatic carbocycles. The number of amides is 2. The fourth-order valence-electron chi connectivity index (χ4n) is 5.22. The topological polar surface area (TPSA) is 96.0 Å². The van der Waals surface area contributed by atoms with Gasteiger partial charge in [0, 0.05) is 12.6 Å². The van der Waals surface area contributed by atoms with Crippen molar-refractivity contribution in [2.24, 2.45) is 0 Å². The number of ether oxygens (including phenoxy) is 1. The van der Waals surface area contributed by atoms with Crippen LogP contribution in [0.4, 0.5) is 5.69 Å². The van der Waals surface area contributed by atoms with Gasteiger partial charge in [-0.1, -0.05) is 60.9 Å². The molecule has 0 spiro atoms. The minimum absolute atomic E-state index is 0.0847. The Morgan fingerprint density at radius 3 is 2.24 bits per heavy atom. The largest absolute Gasteiger partial charge is 0.497 e. The van der Waals surface area contributed by atoms with Gasteiger partial charge in [-0.15, -0.1) is 0 Å². The lowest BCUT2D eigenvalue weighted by Crippen LogP contribution is -2.52. The smallest absolute Gasteiger partial charge is 0.264 e. The summed E-state index contributed by atoms with van der Waals surface area (Å²) in [6.45, 7) is 5.12. The first kappa shape index (κ1) is 30.1. The molecule has 1 fully saturated rings. The quantitative estimate of drug-likeness (QED) is 0.347. The number of carbonyl (C=O) groups excluding carboxylic acids is 2. The van der Waals surface area contributed by atoms with Gasteiger partial charge in [0.05, 0.1) is 17.7 Å². The van der Waals surface area contributed by atoms with Crippen LogP contribution in [0.3, 0.4) is 0 Å². The summed E-state index contributed by atoms with van der Waals surface area (Å²) < 4.78 is 34.3. The summed E-state index contributed by atoms with van der Waals surface area (Å²) in [6.07, 6.45) is 3.97. The van der Waals surface area contributed by atoms with Gasteiger partial charge in [0.15, 0.2) is 0 Å². The van der Waals surface area contributed by atoms with E-state index in [0.717, 1.165) is 46.7 Å². The first-order valence-electron chi connectivity index (χ1n) is 14.0. The van der Waals surface area contributed by atoms with E-state index in [1.807, 2.05) is 38.1 Å². The number of hydrogen-bond acceptors (Lipinski definition) is 5. The summed E-state index contributed by atoms with van der Waals surface area (Å²) in [5.74, 6) is -0.0502. The molecule has 9 heteroatoms. The lowest BCUT2D eigenvalue weighted by molar-refractivity contribution is -0.139. The maximum Gasteiger partial charge on any atom is 0.264 e. The van der Waals surface area contributed by atoms with Crippen LogP contribution in [-0.2, 0) is 26.2 Å². The van der Waals surface area contributed by atoms with Crippen LogP contribution in [0.5, 0.6) is 5.75 Å². The minimum atomic E-state index is -4.10. The Morgan fingerprint density at radius 2 is 1.63 bits per heavy atom. The maximum atomic E-state index is 14.1. The molecular weight excluding hydrogens is 538 g/mol. The molecule has 1 unspecified atom stereocenters. The molecule has 0 aromatic heterocycles. The number of nitrogens with zero attached hydrogens (tertiary/aromatic N) is 2. The Bertz CT molecular complexity index is 1450. The van der Waals surface area contributed by atoms with Gasteiger partial charge in [-0.25, -0.2) is 8.42 Å². The number of carbonyl (C=O) groups is 2. The molecule has 0 bridgehead atoms. The highest BCUT2D eigenvalue weighted by Crippen LogP contribution is 2.28. The fourth-order valence-corrected chi connectivity index (χ4v) is 6.72. The van der Waals surface area contributed by atoms with Gasteiger partial charge in [-0.2, -0.15) is 0 Å². The van der Waals surface area contributed by atoms with Crippen molar-refractivity contribution in [2.45, 2.75) is 70.0 Å². The molecule has 4 rings (SSSR count). The number of hydrogen-bond donors (Lipinski definition) is 1. The van der Waals surface area contributed by atoms with Crippen molar-refractivity contribution < 1.29 is 22.7 Å². The molecule has 1 saturated carbocycles. The molecule has 0 radical (unpaired) electrons. The number of anilines is 1. The minimum Gasteiger partial charge on any atom is -0.497 e. The average molecular weight is 578 g/mol. The third-order valence-electron chi connectivity index (χ3n) is 7.61. The lowest BCUT2D eigenvalue weighted by atomic mass is 10.1. The second kappa shape index (κ2) is 13.2. The summed E-state index contributed by atoms with van der Waals surface area (Å²) in [4.78, 5) is 29.0. The third kappa shape index (κ3) is 7.27. The van der Waals surface area contributed by atoms with Gasteiger partial charge in [-0.05, 0) is 75.1 Å². The van der Waals surface area contributed by atoms with Crippen molar-refractivity contribution in [2.75, 3.05) is 18.0 Å².